The summed E-state index contributed by atoms with van der Waals surface area (Å²) in [6, 6.07) is 10.9. The van der Waals surface area contributed by atoms with Crippen LogP contribution in [0.25, 0.3) is 0 Å². The van der Waals surface area contributed by atoms with Crippen molar-refractivity contribution < 1.29 is 0 Å². The van der Waals surface area contributed by atoms with Crippen LogP contribution in [0, 0.1) is 0 Å². The van der Waals surface area contributed by atoms with Gasteiger partial charge in [-0.1, -0.05) is 47.1 Å². The molecule has 1 heterocycles. The zero-order valence-corrected chi connectivity index (χ0v) is 14.8. The minimum Gasteiger partial charge on any atom is -0.131 e. The maximum Gasteiger partial charge on any atom is 0.0843 e. The Balaban J connectivity index is 2.26. The average Bonchev–Trinajstić information content (AvgIpc) is 2.69. The smallest absolute Gasteiger partial charge is 0.0843 e. The topological polar surface area (TPSA) is 0 Å². The van der Waals surface area contributed by atoms with E-state index >= 15 is 0 Å². The number of rotatable bonds is 3. The molecule has 1 unspecified atom stereocenters. The number of thiophene rings is 1. The second-order valence-corrected chi connectivity index (χ2v) is 7.90. The Kier molecular flexibility index (Phi) is 4.87. The third kappa shape index (κ3) is 3.22. The van der Waals surface area contributed by atoms with E-state index in [1.807, 2.05) is 0 Å². The highest BCUT2D eigenvalue weighted by Crippen LogP contribution is 2.41. The van der Waals surface area contributed by atoms with E-state index in [1.54, 1.807) is 11.3 Å². The maximum atomic E-state index is 3.76. The molecule has 0 fully saturated rings. The van der Waals surface area contributed by atoms with Gasteiger partial charge in [-0.2, -0.15) is 0 Å². The monoisotopic (exact) mass is 436 g/mol. The summed E-state index contributed by atoms with van der Waals surface area (Å²) in [6.45, 7) is 2.17. The van der Waals surface area contributed by atoms with Gasteiger partial charge in [-0.05, 0) is 55.5 Å². The lowest BCUT2D eigenvalue weighted by molar-refractivity contribution is 1.12. The van der Waals surface area contributed by atoms with Crippen molar-refractivity contribution in [2.24, 2.45) is 0 Å². The van der Waals surface area contributed by atoms with Crippen LogP contribution >= 0.6 is 59.1 Å². The van der Waals surface area contributed by atoms with Crippen molar-refractivity contribution >= 4 is 59.1 Å². The normalized spacial score (nSPS) is 12.7. The highest BCUT2D eigenvalue weighted by atomic mass is 79.9. The number of aryl methyl sites for hydroxylation is 1. The Labute approximate surface area is 131 Å². The fraction of sp³-hybridized carbons (Fsp3) is 0.231. The summed E-state index contributed by atoms with van der Waals surface area (Å²) < 4.78 is 2.26. The zero-order chi connectivity index (χ0) is 12.4. The summed E-state index contributed by atoms with van der Waals surface area (Å²) in [7, 11) is 0. The molecular weight excluding hydrogens is 428 g/mol. The van der Waals surface area contributed by atoms with Crippen molar-refractivity contribution in [2.45, 2.75) is 18.2 Å². The molecule has 0 aliphatic rings. The molecule has 1 atom stereocenters. The van der Waals surface area contributed by atoms with E-state index < -0.39 is 0 Å². The molecule has 1 aromatic carbocycles. The average molecular weight is 439 g/mol. The largest absolute Gasteiger partial charge is 0.131 e. The van der Waals surface area contributed by atoms with Crippen molar-refractivity contribution in [3.05, 3.63) is 54.6 Å². The molecule has 0 N–H and O–H groups in total. The molecule has 0 aliphatic heterocycles. The Morgan fingerprint density at radius 2 is 1.82 bits per heavy atom. The Bertz CT molecular complexity index is 482. The van der Waals surface area contributed by atoms with Gasteiger partial charge in [0, 0.05) is 9.35 Å². The van der Waals surface area contributed by atoms with Gasteiger partial charge in [0.15, 0.2) is 0 Å². The first-order valence-electron chi connectivity index (χ1n) is 5.29. The van der Waals surface area contributed by atoms with Crippen LogP contribution in [0.2, 0.25) is 0 Å². The van der Waals surface area contributed by atoms with Gasteiger partial charge in [-0.25, -0.2) is 0 Å². The first-order chi connectivity index (χ1) is 8.11. The van der Waals surface area contributed by atoms with Gasteiger partial charge < -0.3 is 0 Å². The third-order valence-electron chi connectivity index (χ3n) is 2.59. The number of benzene rings is 1. The lowest BCUT2D eigenvalue weighted by Crippen LogP contribution is -1.90. The van der Waals surface area contributed by atoms with Crippen molar-refractivity contribution in [1.29, 1.82) is 0 Å². The van der Waals surface area contributed by atoms with Gasteiger partial charge in [0.25, 0.3) is 0 Å². The molecule has 17 heavy (non-hydrogen) atoms. The standard InChI is InChI=1S/C13H11Br3S/c1-2-8-3-5-9(6-4-8)12(15)11-7-10(14)13(16)17-11/h3-7,12H,2H2,1H3. The summed E-state index contributed by atoms with van der Waals surface area (Å²) in [6.07, 6.45) is 1.09. The molecule has 1 aromatic heterocycles. The van der Waals surface area contributed by atoms with Crippen LogP contribution in [0.4, 0.5) is 0 Å². The fourth-order valence-corrected chi connectivity index (χ4v) is 4.39. The van der Waals surface area contributed by atoms with Gasteiger partial charge in [-0.3, -0.25) is 0 Å². The highest BCUT2D eigenvalue weighted by Gasteiger charge is 2.14. The summed E-state index contributed by atoms with van der Waals surface area (Å²) in [4.78, 5) is 1.56. The van der Waals surface area contributed by atoms with E-state index in [-0.39, 0.29) is 4.83 Å². The van der Waals surface area contributed by atoms with E-state index in [9.17, 15) is 0 Å². The molecule has 0 nitrogen and oxygen atoms in total. The number of alkyl halides is 1. The highest BCUT2D eigenvalue weighted by molar-refractivity contribution is 9.13. The third-order valence-corrected chi connectivity index (χ3v) is 7.24. The summed E-state index contributed by atoms with van der Waals surface area (Å²) in [5, 5.41) is 0. The Morgan fingerprint density at radius 3 is 2.29 bits per heavy atom. The van der Waals surface area contributed by atoms with Crippen molar-refractivity contribution in [1.82, 2.24) is 0 Å². The quantitative estimate of drug-likeness (QED) is 0.492. The number of hydrogen-bond donors (Lipinski definition) is 0. The predicted molar refractivity (Wildman–Crippen MR) is 86.3 cm³/mol. The molecule has 2 aromatic rings. The van der Waals surface area contributed by atoms with Gasteiger partial charge in [0.05, 0.1) is 8.61 Å². The van der Waals surface area contributed by atoms with E-state index in [0.717, 1.165) is 14.7 Å². The van der Waals surface area contributed by atoms with Crippen molar-refractivity contribution in [2.75, 3.05) is 0 Å². The van der Waals surface area contributed by atoms with Gasteiger partial charge in [0.2, 0.25) is 0 Å². The minimum absolute atomic E-state index is 0.265. The fourth-order valence-electron chi connectivity index (χ4n) is 1.57. The van der Waals surface area contributed by atoms with Crippen LogP contribution in [0.15, 0.2) is 38.6 Å². The molecule has 0 saturated heterocycles. The van der Waals surface area contributed by atoms with Crippen LogP contribution in [-0.2, 0) is 6.42 Å². The lowest BCUT2D eigenvalue weighted by Gasteiger charge is -2.08. The van der Waals surface area contributed by atoms with Gasteiger partial charge in [0.1, 0.15) is 0 Å². The predicted octanol–water partition coefficient (Wildman–Crippen LogP) is 6.32. The summed E-state index contributed by atoms with van der Waals surface area (Å²) in [5.41, 5.74) is 2.67. The summed E-state index contributed by atoms with van der Waals surface area (Å²) >= 11 is 12.6. The molecule has 90 valence electrons. The molecule has 0 spiro atoms. The van der Waals surface area contributed by atoms with Crippen LogP contribution in [-0.4, -0.2) is 0 Å². The second-order valence-electron chi connectivity index (χ2n) is 3.73. The first kappa shape index (κ1) is 13.8. The lowest BCUT2D eigenvalue weighted by atomic mass is 10.1. The molecule has 2 rings (SSSR count). The molecule has 0 bridgehead atoms. The zero-order valence-electron chi connectivity index (χ0n) is 9.21. The van der Waals surface area contributed by atoms with Crippen LogP contribution in [0.3, 0.4) is 0 Å². The van der Waals surface area contributed by atoms with Gasteiger partial charge >= 0.3 is 0 Å². The van der Waals surface area contributed by atoms with Crippen LogP contribution in [0.1, 0.15) is 27.8 Å². The maximum absolute atomic E-state index is 3.76. The summed E-state index contributed by atoms with van der Waals surface area (Å²) in [5.74, 6) is 0. The SMILES string of the molecule is CCc1ccc(C(Br)c2cc(Br)c(Br)s2)cc1. The first-order valence-corrected chi connectivity index (χ1v) is 8.61. The molecule has 0 amide bonds. The van der Waals surface area contributed by atoms with E-state index in [2.05, 4.69) is 85.0 Å². The minimum atomic E-state index is 0.265. The van der Waals surface area contributed by atoms with Crippen LogP contribution in [0.5, 0.6) is 0 Å². The number of hydrogen-bond acceptors (Lipinski definition) is 1. The van der Waals surface area contributed by atoms with Crippen molar-refractivity contribution in [3.8, 4) is 0 Å². The van der Waals surface area contributed by atoms with Crippen LogP contribution < -0.4 is 0 Å². The van der Waals surface area contributed by atoms with Gasteiger partial charge in [-0.15, -0.1) is 11.3 Å². The van der Waals surface area contributed by atoms with E-state index in [0.29, 0.717) is 0 Å². The molecular formula is C13H11Br3S. The van der Waals surface area contributed by atoms with E-state index in [1.165, 1.54) is 16.0 Å². The molecule has 0 aliphatic carbocycles. The number of halogens is 3. The van der Waals surface area contributed by atoms with Crippen molar-refractivity contribution in [3.63, 3.8) is 0 Å². The molecule has 4 heteroatoms. The second kappa shape index (κ2) is 6.00. The Hall–Kier alpha value is 0.360. The Morgan fingerprint density at radius 1 is 1.18 bits per heavy atom. The molecule has 0 radical (unpaired) electrons. The molecule has 0 saturated carbocycles. The van der Waals surface area contributed by atoms with E-state index in [4.69, 9.17) is 0 Å².